The summed E-state index contributed by atoms with van der Waals surface area (Å²) >= 11 is 3.82. The van der Waals surface area contributed by atoms with Crippen LogP contribution in [0.25, 0.3) is 0 Å². The van der Waals surface area contributed by atoms with Crippen LogP contribution in [0, 0.1) is 0 Å². The Kier molecular flexibility index (Phi) is 8.28. The van der Waals surface area contributed by atoms with Crippen LogP contribution in [-0.2, 0) is 4.43 Å². The van der Waals surface area contributed by atoms with Gasteiger partial charge in [-0.2, -0.15) is 0 Å². The molecule has 4 heteroatoms. The fraction of sp³-hybridized carbons (Fsp3) is 0.250. The van der Waals surface area contributed by atoms with Gasteiger partial charge in [0.2, 0.25) is 8.32 Å². The van der Waals surface area contributed by atoms with Gasteiger partial charge >= 0.3 is 0 Å². The quantitative estimate of drug-likeness (QED) is 0.273. The number of hydrogen-bond acceptors (Lipinski definition) is 3. The zero-order valence-electron chi connectivity index (χ0n) is 16.6. The highest BCUT2D eigenvalue weighted by atomic mass is 32.2. The second kappa shape index (κ2) is 10.9. The van der Waals surface area contributed by atoms with Crippen LogP contribution in [0.2, 0.25) is 13.1 Å². The van der Waals surface area contributed by atoms with E-state index in [9.17, 15) is 0 Å². The van der Waals surface area contributed by atoms with Gasteiger partial charge in [0.25, 0.3) is 0 Å². The van der Waals surface area contributed by atoms with Crippen molar-refractivity contribution in [2.45, 2.75) is 35.4 Å². The third-order valence-electron chi connectivity index (χ3n) is 4.56. The first-order valence-electron chi connectivity index (χ1n) is 9.72. The van der Waals surface area contributed by atoms with Crippen LogP contribution < -0.4 is 5.19 Å². The van der Waals surface area contributed by atoms with Crippen molar-refractivity contribution >= 4 is 37.0 Å². The van der Waals surface area contributed by atoms with Crippen molar-refractivity contribution in [1.82, 2.24) is 0 Å². The first-order valence-corrected chi connectivity index (χ1v) is 14.6. The van der Waals surface area contributed by atoms with Crippen molar-refractivity contribution < 1.29 is 4.43 Å². The minimum absolute atomic E-state index is 0.253. The van der Waals surface area contributed by atoms with Crippen LogP contribution >= 0.6 is 23.5 Å². The standard InChI is InChI=1S/C24H28OS2Si/c1-28(2,24-16-10-5-11-17-24)25-21(20-27-23-14-8-4-9-15-23)18-19-26-22-12-6-3-7-13-22/h3-17,21H,18-20H2,1-2H3. The second-order valence-electron chi connectivity index (χ2n) is 7.19. The Morgan fingerprint density at radius 2 is 1.21 bits per heavy atom. The molecule has 0 fully saturated rings. The summed E-state index contributed by atoms with van der Waals surface area (Å²) in [5.74, 6) is 2.06. The first-order chi connectivity index (χ1) is 13.6. The van der Waals surface area contributed by atoms with Crippen LogP contribution in [0.1, 0.15) is 6.42 Å². The molecule has 0 N–H and O–H groups in total. The zero-order valence-corrected chi connectivity index (χ0v) is 19.2. The highest BCUT2D eigenvalue weighted by molar-refractivity contribution is 7.99. The third-order valence-corrected chi connectivity index (χ3v) is 9.40. The lowest BCUT2D eigenvalue weighted by atomic mass is 10.3. The van der Waals surface area contributed by atoms with E-state index in [0.717, 1.165) is 17.9 Å². The summed E-state index contributed by atoms with van der Waals surface area (Å²) in [7, 11) is -1.93. The van der Waals surface area contributed by atoms with Crippen LogP contribution in [-0.4, -0.2) is 25.9 Å². The third kappa shape index (κ3) is 6.85. The summed E-state index contributed by atoms with van der Waals surface area (Å²) in [5, 5.41) is 1.36. The second-order valence-corrected chi connectivity index (χ2v) is 13.3. The Balaban J connectivity index is 1.62. The van der Waals surface area contributed by atoms with Gasteiger partial charge in [-0.3, -0.25) is 0 Å². The minimum atomic E-state index is -1.93. The van der Waals surface area contributed by atoms with Crippen LogP contribution in [0.4, 0.5) is 0 Å². The highest BCUT2D eigenvalue weighted by Crippen LogP contribution is 2.25. The predicted octanol–water partition coefficient (Wildman–Crippen LogP) is 6.46. The van der Waals surface area contributed by atoms with E-state index < -0.39 is 8.32 Å². The number of thioether (sulfide) groups is 2. The van der Waals surface area contributed by atoms with Crippen molar-refractivity contribution in [2.75, 3.05) is 11.5 Å². The van der Waals surface area contributed by atoms with Gasteiger partial charge in [0.05, 0.1) is 6.10 Å². The SMILES string of the molecule is C[Si](C)(OC(CCSc1ccccc1)CSc1ccccc1)c1ccccc1. The van der Waals surface area contributed by atoms with Crippen LogP contribution in [0.3, 0.4) is 0 Å². The summed E-state index contributed by atoms with van der Waals surface area (Å²) < 4.78 is 6.79. The molecular formula is C24H28OS2Si. The molecule has 28 heavy (non-hydrogen) atoms. The fourth-order valence-corrected chi connectivity index (χ4v) is 7.25. The maximum atomic E-state index is 6.79. The normalized spacial score (nSPS) is 12.6. The number of hydrogen-bond donors (Lipinski definition) is 0. The summed E-state index contributed by atoms with van der Waals surface area (Å²) in [4.78, 5) is 2.64. The Morgan fingerprint density at radius 1 is 0.714 bits per heavy atom. The molecule has 1 unspecified atom stereocenters. The van der Waals surface area contributed by atoms with Gasteiger partial charge < -0.3 is 4.43 Å². The Bertz CT molecular complexity index is 810. The van der Waals surface area contributed by atoms with Crippen molar-refractivity contribution in [2.24, 2.45) is 0 Å². The lowest BCUT2D eigenvalue weighted by Gasteiger charge is -2.30. The van der Waals surface area contributed by atoms with E-state index in [1.165, 1.54) is 15.0 Å². The monoisotopic (exact) mass is 424 g/mol. The van der Waals surface area contributed by atoms with Gasteiger partial charge in [-0.05, 0) is 49.0 Å². The molecule has 3 aromatic rings. The van der Waals surface area contributed by atoms with E-state index in [2.05, 4.69) is 104 Å². The predicted molar refractivity (Wildman–Crippen MR) is 127 cm³/mol. The Morgan fingerprint density at radius 3 is 1.79 bits per heavy atom. The average Bonchev–Trinajstić information content (AvgIpc) is 2.74. The van der Waals surface area contributed by atoms with Gasteiger partial charge in [-0.15, -0.1) is 23.5 Å². The van der Waals surface area contributed by atoms with Crippen molar-refractivity contribution in [3.05, 3.63) is 91.0 Å². The molecule has 0 aliphatic heterocycles. The van der Waals surface area contributed by atoms with Crippen LogP contribution in [0.5, 0.6) is 0 Å². The van der Waals surface area contributed by atoms with E-state index in [4.69, 9.17) is 4.43 Å². The smallest absolute Gasteiger partial charge is 0.218 e. The van der Waals surface area contributed by atoms with Crippen molar-refractivity contribution in [1.29, 1.82) is 0 Å². The summed E-state index contributed by atoms with van der Waals surface area (Å²) in [5.41, 5.74) is 0. The lowest BCUT2D eigenvalue weighted by Crippen LogP contribution is -2.48. The summed E-state index contributed by atoms with van der Waals surface area (Å²) in [6, 6.07) is 32.0. The molecule has 0 aromatic heterocycles. The molecule has 3 aromatic carbocycles. The van der Waals surface area contributed by atoms with Crippen molar-refractivity contribution in [3.63, 3.8) is 0 Å². The maximum absolute atomic E-state index is 6.79. The average molecular weight is 425 g/mol. The van der Waals surface area contributed by atoms with Gasteiger partial charge in [0.15, 0.2) is 0 Å². The van der Waals surface area contributed by atoms with E-state index >= 15 is 0 Å². The highest BCUT2D eigenvalue weighted by Gasteiger charge is 2.29. The molecule has 1 atom stereocenters. The Hall–Kier alpha value is -1.46. The zero-order chi connectivity index (χ0) is 19.7. The minimum Gasteiger partial charge on any atom is -0.409 e. The lowest BCUT2D eigenvalue weighted by molar-refractivity contribution is 0.219. The maximum Gasteiger partial charge on any atom is 0.218 e. The molecule has 1 nitrogen and oxygen atoms in total. The molecular weight excluding hydrogens is 396 g/mol. The van der Waals surface area contributed by atoms with Gasteiger partial charge in [-0.1, -0.05) is 66.7 Å². The molecule has 0 saturated carbocycles. The van der Waals surface area contributed by atoms with E-state index in [1.807, 2.05) is 23.5 Å². The molecule has 0 bridgehead atoms. The molecule has 3 rings (SSSR count). The van der Waals surface area contributed by atoms with Crippen molar-refractivity contribution in [3.8, 4) is 0 Å². The molecule has 0 saturated heterocycles. The summed E-state index contributed by atoms with van der Waals surface area (Å²) in [6.07, 6.45) is 1.31. The number of rotatable bonds is 10. The van der Waals surface area contributed by atoms with E-state index in [-0.39, 0.29) is 6.10 Å². The topological polar surface area (TPSA) is 9.23 Å². The first kappa shape index (κ1) is 21.3. The largest absolute Gasteiger partial charge is 0.409 e. The van der Waals surface area contributed by atoms with Gasteiger partial charge in [0, 0.05) is 21.3 Å². The van der Waals surface area contributed by atoms with E-state index in [1.54, 1.807) is 0 Å². The molecule has 0 amide bonds. The molecule has 0 aliphatic carbocycles. The van der Waals surface area contributed by atoms with Gasteiger partial charge in [-0.25, -0.2) is 0 Å². The molecule has 0 heterocycles. The van der Waals surface area contributed by atoms with E-state index in [0.29, 0.717) is 0 Å². The number of benzene rings is 3. The van der Waals surface area contributed by atoms with Gasteiger partial charge in [0.1, 0.15) is 0 Å². The van der Waals surface area contributed by atoms with Crippen LogP contribution in [0.15, 0.2) is 101 Å². The molecule has 0 radical (unpaired) electrons. The summed E-state index contributed by atoms with van der Waals surface area (Å²) in [6.45, 7) is 4.62. The fourth-order valence-electron chi connectivity index (χ4n) is 3.03. The molecule has 0 spiro atoms. The molecule has 146 valence electrons. The Labute approximate surface area is 179 Å². The molecule has 0 aliphatic rings.